The van der Waals surface area contributed by atoms with Crippen LogP contribution in [0.2, 0.25) is 0 Å². The Bertz CT molecular complexity index is 814. The first-order valence-electron chi connectivity index (χ1n) is 6.42. The Hall–Kier alpha value is -2.08. The quantitative estimate of drug-likeness (QED) is 0.623. The molecule has 0 atom stereocenters. The molecule has 1 heterocycles. The van der Waals surface area contributed by atoms with Crippen LogP contribution in [0.5, 0.6) is 0 Å². The van der Waals surface area contributed by atoms with Gasteiger partial charge in [-0.25, -0.2) is 0 Å². The second kappa shape index (κ2) is 5.61. The summed E-state index contributed by atoms with van der Waals surface area (Å²) in [6.07, 6.45) is -2.81. The van der Waals surface area contributed by atoms with Crippen molar-refractivity contribution in [2.45, 2.75) is 6.18 Å². The van der Waals surface area contributed by atoms with Gasteiger partial charge >= 0.3 is 6.18 Å². The Labute approximate surface area is 133 Å². The molecule has 3 aromatic rings. The number of rotatable bonds is 2. The standard InChI is InChI=1S/C16H10BrF3N2/c17-11-2-4-12(5-3-11)22-15-7-8-21-14-6-1-10(9-13(14)15)16(18,19)20/h1-9H,(H,21,22). The molecule has 2 nitrogen and oxygen atoms in total. The molecule has 0 unspecified atom stereocenters. The van der Waals surface area contributed by atoms with E-state index in [-0.39, 0.29) is 0 Å². The normalized spacial score (nSPS) is 11.6. The molecular weight excluding hydrogens is 357 g/mol. The van der Waals surface area contributed by atoms with Crippen molar-refractivity contribution in [3.05, 3.63) is 64.8 Å². The molecule has 0 bridgehead atoms. The van der Waals surface area contributed by atoms with Gasteiger partial charge in [-0.3, -0.25) is 4.98 Å². The molecule has 6 heteroatoms. The maximum atomic E-state index is 12.9. The summed E-state index contributed by atoms with van der Waals surface area (Å²) >= 11 is 3.34. The van der Waals surface area contributed by atoms with Gasteiger partial charge in [-0.15, -0.1) is 0 Å². The highest BCUT2D eigenvalue weighted by Crippen LogP contribution is 2.33. The number of hydrogen-bond donors (Lipinski definition) is 1. The Kier molecular flexibility index (Phi) is 3.78. The van der Waals surface area contributed by atoms with E-state index in [1.807, 2.05) is 24.3 Å². The third-order valence-corrected chi connectivity index (χ3v) is 3.72. The summed E-state index contributed by atoms with van der Waals surface area (Å²) in [7, 11) is 0. The predicted molar refractivity (Wildman–Crippen MR) is 84.2 cm³/mol. The van der Waals surface area contributed by atoms with E-state index in [0.717, 1.165) is 22.3 Å². The van der Waals surface area contributed by atoms with Crippen LogP contribution >= 0.6 is 15.9 Å². The van der Waals surface area contributed by atoms with Crippen molar-refractivity contribution < 1.29 is 13.2 Å². The van der Waals surface area contributed by atoms with Crippen LogP contribution in [-0.2, 0) is 6.18 Å². The van der Waals surface area contributed by atoms with E-state index >= 15 is 0 Å². The van der Waals surface area contributed by atoms with Crippen molar-refractivity contribution in [2.75, 3.05) is 5.32 Å². The first-order chi connectivity index (χ1) is 10.4. The molecule has 0 fully saturated rings. The average molecular weight is 367 g/mol. The molecule has 0 aliphatic rings. The summed E-state index contributed by atoms with van der Waals surface area (Å²) in [5.74, 6) is 0. The van der Waals surface area contributed by atoms with Gasteiger partial charge in [-0.05, 0) is 48.5 Å². The van der Waals surface area contributed by atoms with Gasteiger partial charge in [-0.2, -0.15) is 13.2 Å². The minimum Gasteiger partial charge on any atom is -0.355 e. The van der Waals surface area contributed by atoms with Crippen LogP contribution in [0, 0.1) is 0 Å². The lowest BCUT2D eigenvalue weighted by Crippen LogP contribution is -2.04. The lowest BCUT2D eigenvalue weighted by atomic mass is 10.1. The predicted octanol–water partition coefficient (Wildman–Crippen LogP) is 5.76. The van der Waals surface area contributed by atoms with E-state index in [0.29, 0.717) is 16.6 Å². The number of hydrogen-bond acceptors (Lipinski definition) is 2. The van der Waals surface area contributed by atoms with Gasteiger partial charge in [0.2, 0.25) is 0 Å². The van der Waals surface area contributed by atoms with Gasteiger partial charge < -0.3 is 5.32 Å². The van der Waals surface area contributed by atoms with Crippen molar-refractivity contribution in [3.63, 3.8) is 0 Å². The molecule has 0 amide bonds. The van der Waals surface area contributed by atoms with E-state index in [1.54, 1.807) is 12.3 Å². The monoisotopic (exact) mass is 366 g/mol. The average Bonchev–Trinajstić information content (AvgIpc) is 2.48. The molecule has 1 aromatic heterocycles. The summed E-state index contributed by atoms with van der Waals surface area (Å²) < 4.78 is 39.5. The number of alkyl halides is 3. The van der Waals surface area contributed by atoms with Crippen molar-refractivity contribution in [3.8, 4) is 0 Å². The molecule has 0 saturated carbocycles. The van der Waals surface area contributed by atoms with Crippen LogP contribution in [0.3, 0.4) is 0 Å². The fraction of sp³-hybridized carbons (Fsp3) is 0.0625. The molecule has 0 aliphatic heterocycles. The molecule has 0 aliphatic carbocycles. The van der Waals surface area contributed by atoms with Gasteiger partial charge in [0.05, 0.1) is 11.1 Å². The van der Waals surface area contributed by atoms with E-state index in [1.165, 1.54) is 6.07 Å². The fourth-order valence-corrected chi connectivity index (χ4v) is 2.38. The SMILES string of the molecule is FC(F)(F)c1ccc2nccc(Nc3ccc(Br)cc3)c2c1. The van der Waals surface area contributed by atoms with Gasteiger partial charge in [0.25, 0.3) is 0 Å². The Morgan fingerprint density at radius 2 is 1.68 bits per heavy atom. The zero-order chi connectivity index (χ0) is 15.7. The number of nitrogens with zero attached hydrogens (tertiary/aromatic N) is 1. The van der Waals surface area contributed by atoms with Gasteiger partial charge in [-0.1, -0.05) is 15.9 Å². The summed E-state index contributed by atoms with van der Waals surface area (Å²) in [5, 5.41) is 3.56. The minimum absolute atomic E-state index is 0.431. The second-order valence-electron chi connectivity index (χ2n) is 4.72. The Morgan fingerprint density at radius 1 is 0.955 bits per heavy atom. The number of benzene rings is 2. The first-order valence-corrected chi connectivity index (χ1v) is 7.21. The van der Waals surface area contributed by atoms with Crippen LogP contribution < -0.4 is 5.32 Å². The summed E-state index contributed by atoms with van der Waals surface area (Å²) in [4.78, 5) is 4.11. The van der Waals surface area contributed by atoms with Crippen LogP contribution in [0.25, 0.3) is 10.9 Å². The highest BCUT2D eigenvalue weighted by molar-refractivity contribution is 9.10. The first kappa shape index (κ1) is 14.8. The molecule has 0 saturated heterocycles. The topological polar surface area (TPSA) is 24.9 Å². The highest BCUT2D eigenvalue weighted by atomic mass is 79.9. The second-order valence-corrected chi connectivity index (χ2v) is 5.64. The van der Waals surface area contributed by atoms with Crippen molar-refractivity contribution in [2.24, 2.45) is 0 Å². The van der Waals surface area contributed by atoms with E-state index in [9.17, 15) is 13.2 Å². The summed E-state index contributed by atoms with van der Waals surface area (Å²) in [6.45, 7) is 0. The lowest BCUT2D eigenvalue weighted by molar-refractivity contribution is -0.137. The molecule has 0 spiro atoms. The van der Waals surface area contributed by atoms with Crippen LogP contribution in [-0.4, -0.2) is 4.98 Å². The number of halogens is 4. The highest BCUT2D eigenvalue weighted by Gasteiger charge is 2.30. The lowest BCUT2D eigenvalue weighted by Gasteiger charge is -2.12. The zero-order valence-electron chi connectivity index (χ0n) is 11.2. The Morgan fingerprint density at radius 3 is 2.36 bits per heavy atom. The zero-order valence-corrected chi connectivity index (χ0v) is 12.7. The van der Waals surface area contributed by atoms with Crippen LogP contribution in [0.4, 0.5) is 24.5 Å². The van der Waals surface area contributed by atoms with E-state index in [4.69, 9.17) is 0 Å². The molecule has 112 valence electrons. The number of anilines is 2. The van der Waals surface area contributed by atoms with E-state index in [2.05, 4.69) is 26.2 Å². The summed E-state index contributed by atoms with van der Waals surface area (Å²) in [6, 6.07) is 12.6. The third-order valence-electron chi connectivity index (χ3n) is 3.19. The maximum Gasteiger partial charge on any atom is 0.416 e. The molecule has 22 heavy (non-hydrogen) atoms. The van der Waals surface area contributed by atoms with Crippen molar-refractivity contribution >= 4 is 38.2 Å². The number of pyridine rings is 1. The Balaban J connectivity index is 2.06. The fourth-order valence-electron chi connectivity index (χ4n) is 2.12. The number of nitrogens with one attached hydrogen (secondary N) is 1. The maximum absolute atomic E-state index is 12.9. The largest absolute Gasteiger partial charge is 0.416 e. The van der Waals surface area contributed by atoms with Crippen molar-refractivity contribution in [1.29, 1.82) is 0 Å². The molecule has 1 N–H and O–H groups in total. The van der Waals surface area contributed by atoms with Gasteiger partial charge in [0, 0.05) is 27.4 Å². The van der Waals surface area contributed by atoms with Gasteiger partial charge in [0.1, 0.15) is 0 Å². The molecule has 0 radical (unpaired) electrons. The van der Waals surface area contributed by atoms with Crippen LogP contribution in [0.1, 0.15) is 5.56 Å². The number of fused-ring (bicyclic) bond motifs is 1. The van der Waals surface area contributed by atoms with Crippen molar-refractivity contribution in [1.82, 2.24) is 4.98 Å². The third kappa shape index (κ3) is 3.06. The minimum atomic E-state index is -4.38. The molecule has 2 aromatic carbocycles. The smallest absolute Gasteiger partial charge is 0.355 e. The summed E-state index contributed by atoms with van der Waals surface area (Å²) in [5.41, 5.74) is 1.19. The molecular formula is C16H10BrF3N2. The number of aromatic nitrogens is 1. The van der Waals surface area contributed by atoms with E-state index < -0.39 is 11.7 Å². The van der Waals surface area contributed by atoms with Gasteiger partial charge in [0.15, 0.2) is 0 Å². The van der Waals surface area contributed by atoms with Crippen LogP contribution in [0.15, 0.2) is 59.2 Å². The molecule has 3 rings (SSSR count).